The van der Waals surface area contributed by atoms with Crippen LogP contribution in [-0.4, -0.2) is 130 Å². The van der Waals surface area contributed by atoms with Gasteiger partial charge in [-0.15, -0.1) is 16.4 Å². The zero-order chi connectivity index (χ0) is 44.4. The smallest absolute Gasteiger partial charge is 0.413 e. The highest BCUT2D eigenvalue weighted by Gasteiger charge is 2.44. The van der Waals surface area contributed by atoms with Gasteiger partial charge in [0.25, 0.3) is 11.8 Å². The second kappa shape index (κ2) is 17.0. The number of rotatable bonds is 13. The van der Waals surface area contributed by atoms with Gasteiger partial charge in [-0.25, -0.2) is 28.9 Å². The van der Waals surface area contributed by atoms with Crippen molar-refractivity contribution in [1.29, 1.82) is 0 Å². The number of carbonyl (C=O) groups is 5. The maximum absolute atomic E-state index is 13.6. The number of nitrogens with zero attached hydrogens (tertiary/aromatic N) is 6. The van der Waals surface area contributed by atoms with Gasteiger partial charge in [-0.05, 0) is 55.4 Å². The van der Waals surface area contributed by atoms with Gasteiger partial charge in [-0.2, -0.15) is 8.42 Å². The number of oxime groups is 1. The highest BCUT2D eigenvalue weighted by atomic mass is 32.2. The number of aromatic amines is 1. The molecular weight excluding hydrogens is 829 g/mol. The Morgan fingerprint density at radius 1 is 1.07 bits per heavy atom. The number of hydrogen-bond acceptors (Lipinski definition) is 19. The fourth-order valence-corrected chi connectivity index (χ4v) is 6.13. The number of pyridine rings is 1. The summed E-state index contributed by atoms with van der Waals surface area (Å²) in [5.74, 6) is -4.39. The summed E-state index contributed by atoms with van der Waals surface area (Å²) in [7, 11) is -5.27. The Labute approximate surface area is 338 Å². The van der Waals surface area contributed by atoms with E-state index >= 15 is 0 Å². The number of carbonyl (C=O) groups excluding carboxylic acids is 5. The van der Waals surface area contributed by atoms with Gasteiger partial charge in [0.05, 0.1) is 31.5 Å². The zero-order valence-electron chi connectivity index (χ0n) is 32.7. The molecular formula is C32H42N10O15S2. The molecule has 5 amide bonds. The molecule has 59 heavy (non-hydrogen) atoms. The lowest BCUT2D eigenvalue weighted by Gasteiger charge is -2.36. The normalized spacial score (nSPS) is 15.5. The van der Waals surface area contributed by atoms with E-state index in [1.807, 2.05) is 0 Å². The number of likely N-dealkylation sites (tertiary alicyclic amines) is 1. The number of H-pyrrole nitrogens is 1. The van der Waals surface area contributed by atoms with Crippen molar-refractivity contribution in [3.63, 3.8) is 0 Å². The van der Waals surface area contributed by atoms with Crippen LogP contribution in [0.2, 0.25) is 0 Å². The third-order valence-electron chi connectivity index (χ3n) is 7.32. The summed E-state index contributed by atoms with van der Waals surface area (Å²) in [6.45, 7) is 10.1. The number of thiazole rings is 1. The first-order chi connectivity index (χ1) is 27.1. The zero-order valence-corrected chi connectivity index (χ0v) is 34.4. The molecule has 1 saturated heterocycles. The molecule has 0 spiro atoms. The third-order valence-corrected chi connectivity index (χ3v) is 9.21. The van der Waals surface area contributed by atoms with Crippen molar-refractivity contribution in [2.24, 2.45) is 5.16 Å². The fraction of sp³-hybridized carbons (Fsp3) is 0.500. The summed E-state index contributed by atoms with van der Waals surface area (Å²) in [4.78, 5) is 102. The predicted molar refractivity (Wildman–Crippen MR) is 203 cm³/mol. The van der Waals surface area contributed by atoms with Gasteiger partial charge in [-0.1, -0.05) is 9.24 Å². The quantitative estimate of drug-likeness (QED) is 0.0465. The Hall–Kier alpha value is -6.19. The Morgan fingerprint density at radius 2 is 1.71 bits per heavy atom. The van der Waals surface area contributed by atoms with Gasteiger partial charge in [0.1, 0.15) is 22.9 Å². The van der Waals surface area contributed by atoms with Crippen molar-refractivity contribution in [1.82, 2.24) is 38.7 Å². The minimum Gasteiger partial charge on any atom is -0.503 e. The van der Waals surface area contributed by atoms with Crippen LogP contribution in [0.4, 0.5) is 14.7 Å². The molecule has 1 aliphatic heterocycles. The minimum absolute atomic E-state index is 0.0399. The van der Waals surface area contributed by atoms with E-state index < -0.39 is 117 Å². The SMILES string of the molecule is CC(C)(C)OC(=O)Nc1nc(C(=NOC(C)(C)C(=O)OC(C)(C)C)C(=O)N[C@H]2CN(C(=O)NS(=O)(=O)n3nc(-c4cc(=O)c(O)c[nH]4)n(C[C@H](O)CO)c3=O)C2=O)cs1. The first-order valence-corrected chi connectivity index (χ1v) is 19.5. The van der Waals surface area contributed by atoms with Crippen LogP contribution in [0.25, 0.3) is 11.5 Å². The van der Waals surface area contributed by atoms with Gasteiger partial charge < -0.3 is 39.9 Å². The van der Waals surface area contributed by atoms with Gasteiger partial charge in [0.15, 0.2) is 22.4 Å². The number of aliphatic hydroxyl groups excluding tert-OH is 2. The molecule has 4 rings (SSSR count). The topological polar surface area (TPSA) is 345 Å². The summed E-state index contributed by atoms with van der Waals surface area (Å²) in [6, 6.07) is -2.27. The first-order valence-electron chi connectivity index (χ1n) is 17.2. The number of aromatic hydroxyl groups is 1. The number of nitrogens with one attached hydrogen (secondary N) is 4. The van der Waals surface area contributed by atoms with Crippen molar-refractivity contribution in [3.8, 4) is 17.3 Å². The summed E-state index contributed by atoms with van der Waals surface area (Å²) < 4.78 is 38.9. The largest absolute Gasteiger partial charge is 0.503 e. The number of esters is 1. The van der Waals surface area contributed by atoms with Crippen LogP contribution in [0.3, 0.4) is 0 Å². The van der Waals surface area contributed by atoms with E-state index in [0.29, 0.717) is 9.47 Å². The molecule has 0 aromatic carbocycles. The highest BCUT2D eigenvalue weighted by Crippen LogP contribution is 2.22. The Bertz CT molecular complexity index is 2400. The van der Waals surface area contributed by atoms with Crippen molar-refractivity contribution in [2.45, 2.75) is 90.9 Å². The van der Waals surface area contributed by atoms with Crippen molar-refractivity contribution in [2.75, 3.05) is 18.5 Å². The molecule has 27 heteroatoms. The molecule has 4 heterocycles. The summed E-state index contributed by atoms with van der Waals surface area (Å²) in [5.41, 5.74) is -7.06. The molecule has 3 aromatic rings. The van der Waals surface area contributed by atoms with E-state index in [1.54, 1.807) is 41.5 Å². The highest BCUT2D eigenvalue weighted by molar-refractivity contribution is 7.88. The van der Waals surface area contributed by atoms with E-state index in [0.717, 1.165) is 23.6 Å². The lowest BCUT2D eigenvalue weighted by molar-refractivity contribution is -0.179. The number of ether oxygens (including phenoxy) is 2. The number of imide groups is 1. The molecule has 2 atom stereocenters. The molecule has 1 aliphatic rings. The lowest BCUT2D eigenvalue weighted by atomic mass is 10.1. The lowest BCUT2D eigenvalue weighted by Crippen LogP contribution is -2.68. The molecule has 0 radical (unpaired) electrons. The van der Waals surface area contributed by atoms with E-state index in [9.17, 15) is 57.3 Å². The van der Waals surface area contributed by atoms with Crippen LogP contribution in [0.1, 0.15) is 61.1 Å². The number of hydrogen-bond donors (Lipinski definition) is 7. The van der Waals surface area contributed by atoms with Crippen LogP contribution < -0.4 is 26.5 Å². The molecule has 1 fully saturated rings. The molecule has 0 bridgehead atoms. The second-order valence-corrected chi connectivity index (χ2v) is 17.4. The minimum atomic E-state index is -5.27. The maximum atomic E-state index is 13.6. The van der Waals surface area contributed by atoms with E-state index in [1.165, 1.54) is 23.9 Å². The molecule has 0 aliphatic carbocycles. The van der Waals surface area contributed by atoms with Gasteiger partial charge in [0, 0.05) is 17.6 Å². The molecule has 0 unspecified atom stereocenters. The number of amides is 5. The second-order valence-electron chi connectivity index (χ2n) is 15.1. The van der Waals surface area contributed by atoms with Gasteiger partial charge in [0.2, 0.25) is 11.0 Å². The summed E-state index contributed by atoms with van der Waals surface area (Å²) in [6.07, 6.45) is -1.66. The molecule has 3 aromatic heterocycles. The van der Waals surface area contributed by atoms with E-state index in [4.69, 9.17) is 14.3 Å². The van der Waals surface area contributed by atoms with E-state index in [-0.39, 0.29) is 20.6 Å². The molecule has 322 valence electrons. The van der Waals surface area contributed by atoms with Gasteiger partial charge >= 0.3 is 34.0 Å². The summed E-state index contributed by atoms with van der Waals surface area (Å²) >= 11 is 0.855. The number of aliphatic hydroxyl groups is 2. The van der Waals surface area contributed by atoms with Crippen molar-refractivity contribution < 1.29 is 62.0 Å². The molecule has 25 nitrogen and oxygen atoms in total. The van der Waals surface area contributed by atoms with Crippen LogP contribution in [0, 0.1) is 0 Å². The number of urea groups is 1. The Morgan fingerprint density at radius 3 is 2.29 bits per heavy atom. The Balaban J connectivity index is 1.54. The fourth-order valence-electron chi connectivity index (χ4n) is 4.54. The molecule has 0 saturated carbocycles. The van der Waals surface area contributed by atoms with Gasteiger partial charge in [-0.3, -0.25) is 29.2 Å². The number of β-lactam (4-membered cyclic amide) rings is 1. The average Bonchev–Trinajstić information content (AvgIpc) is 3.69. The number of anilines is 1. The van der Waals surface area contributed by atoms with Crippen LogP contribution >= 0.6 is 11.3 Å². The third kappa shape index (κ3) is 11.3. The van der Waals surface area contributed by atoms with Crippen molar-refractivity contribution in [3.05, 3.63) is 44.0 Å². The van der Waals surface area contributed by atoms with Crippen LogP contribution in [-0.2, 0) is 45.4 Å². The van der Waals surface area contributed by atoms with Crippen molar-refractivity contribution >= 4 is 62.3 Å². The maximum Gasteiger partial charge on any atom is 0.413 e. The standard InChI is InChI=1S/C32H42N10O15S2/c1-30(2,3)55-25(49)32(7,8)57-38-21(18-14-58-26(35-18)36-28(51)56-31(4,5)6)23(47)34-17-12-41(24(17)48)27(50)39-59(53,54)42-29(52)40(11-15(44)13-43)22(37-42)16-9-19(45)20(46)10-33-16/h9-10,14-15,17,43-44,46H,11-13H2,1-8H3,(H,33,45)(H,34,47)(H,39,50)(H,35,36,51)/t15-,17-/m0/s1. The average molecular weight is 871 g/mol. The summed E-state index contributed by atoms with van der Waals surface area (Å²) in [5, 5.41) is 42.3. The first kappa shape index (κ1) is 45.5. The number of aromatic nitrogens is 5. The molecule has 7 N–H and O–H groups in total. The van der Waals surface area contributed by atoms with E-state index in [2.05, 4.69) is 30.9 Å². The van der Waals surface area contributed by atoms with Crippen LogP contribution in [0.5, 0.6) is 5.75 Å². The van der Waals surface area contributed by atoms with Crippen LogP contribution in [0.15, 0.2) is 32.4 Å². The predicted octanol–water partition coefficient (Wildman–Crippen LogP) is -1.07. The monoisotopic (exact) mass is 870 g/mol. The Kier molecular flexibility index (Phi) is 13.1.